The molecule has 1 aromatic heterocycles. The van der Waals surface area contributed by atoms with Crippen LogP contribution >= 0.6 is 0 Å². The quantitative estimate of drug-likeness (QED) is 0.522. The number of nitrogens with zero attached hydrogens (tertiary/aromatic N) is 1. The van der Waals surface area contributed by atoms with E-state index in [0.29, 0.717) is 6.54 Å². The van der Waals surface area contributed by atoms with Gasteiger partial charge in [-0.1, -0.05) is 0 Å². The Morgan fingerprint density at radius 2 is 2.00 bits per heavy atom. The Labute approximate surface area is 54.9 Å². The largest absolute Gasteiger partial charge is 0.326 e. The molecule has 0 amide bonds. The molecule has 0 bridgehead atoms. The molecular weight excluding hydrogens is 112 g/mol. The minimum absolute atomic E-state index is 0.626. The van der Waals surface area contributed by atoms with Gasteiger partial charge in [0, 0.05) is 18.7 Å². The molecule has 0 aliphatic heterocycles. The molecule has 0 spiro atoms. The molecule has 2 heteroatoms. The molecule has 2 N–H and O–H groups in total. The topological polar surface area (TPSA) is 29.9 Å². The highest BCUT2D eigenvalue weighted by Crippen LogP contribution is 1.90. The fourth-order valence-electron chi connectivity index (χ4n) is 0.668. The Hall–Kier alpha value is -0.890. The Morgan fingerprint density at radius 1 is 1.44 bits per heavy atom. The summed E-state index contributed by atoms with van der Waals surface area (Å²) in [5.74, 6) is 0. The molecule has 0 radical (unpaired) electrons. The van der Waals surface area contributed by atoms with Gasteiger partial charge in [-0.25, -0.2) is 4.57 Å². The average molecular weight is 123 g/mol. The van der Waals surface area contributed by atoms with Crippen molar-refractivity contribution in [3.8, 4) is 0 Å². The van der Waals surface area contributed by atoms with E-state index in [1.807, 2.05) is 36.1 Å². The molecule has 0 aliphatic rings. The van der Waals surface area contributed by atoms with E-state index < -0.39 is 0 Å². The van der Waals surface area contributed by atoms with Gasteiger partial charge in [0.15, 0.2) is 12.4 Å². The van der Waals surface area contributed by atoms with E-state index >= 15 is 0 Å². The summed E-state index contributed by atoms with van der Waals surface area (Å²) in [6.45, 7) is 0.626. The first-order valence-electron chi connectivity index (χ1n) is 2.97. The van der Waals surface area contributed by atoms with Crippen LogP contribution in [0.5, 0.6) is 0 Å². The molecule has 0 saturated carbocycles. The van der Waals surface area contributed by atoms with Crippen molar-refractivity contribution in [2.24, 2.45) is 12.8 Å². The number of rotatable bonds is 1. The first-order valence-corrected chi connectivity index (χ1v) is 2.97. The maximum Gasteiger partial charge on any atom is 0.168 e. The van der Waals surface area contributed by atoms with Crippen molar-refractivity contribution < 1.29 is 4.57 Å². The molecule has 0 aliphatic carbocycles. The lowest BCUT2D eigenvalue weighted by Crippen LogP contribution is -2.26. The van der Waals surface area contributed by atoms with Crippen molar-refractivity contribution in [3.63, 3.8) is 0 Å². The summed E-state index contributed by atoms with van der Waals surface area (Å²) in [5.41, 5.74) is 6.56. The summed E-state index contributed by atoms with van der Waals surface area (Å²) in [5, 5.41) is 0. The molecule has 0 unspecified atom stereocenters. The third-order valence-corrected chi connectivity index (χ3v) is 1.28. The Morgan fingerprint density at radius 3 is 2.44 bits per heavy atom. The summed E-state index contributed by atoms with van der Waals surface area (Å²) in [4.78, 5) is 0. The minimum atomic E-state index is 0.626. The standard InChI is InChI=1S/C7H11N2/c1-9-4-2-7(6-8)3-5-9/h2-5H,6,8H2,1H3/q+1. The van der Waals surface area contributed by atoms with Crippen molar-refractivity contribution in [2.75, 3.05) is 0 Å². The highest BCUT2D eigenvalue weighted by atomic mass is 14.9. The SMILES string of the molecule is C[n+]1ccc(CN)cc1. The molecule has 1 aromatic rings. The third kappa shape index (κ3) is 1.50. The van der Waals surface area contributed by atoms with Crippen LogP contribution in [0.15, 0.2) is 24.5 Å². The maximum atomic E-state index is 5.39. The second-order valence-corrected chi connectivity index (χ2v) is 2.08. The number of nitrogens with two attached hydrogens (primary N) is 1. The molecule has 0 atom stereocenters. The molecule has 1 rings (SSSR count). The number of aromatic nitrogens is 1. The van der Waals surface area contributed by atoms with E-state index in [9.17, 15) is 0 Å². The van der Waals surface area contributed by atoms with Gasteiger partial charge in [-0.2, -0.15) is 0 Å². The zero-order chi connectivity index (χ0) is 6.69. The summed E-state index contributed by atoms with van der Waals surface area (Å²) in [6, 6.07) is 4.03. The molecule has 48 valence electrons. The highest BCUT2D eigenvalue weighted by Gasteiger charge is 1.90. The van der Waals surface area contributed by atoms with Crippen LogP contribution in [0.2, 0.25) is 0 Å². The summed E-state index contributed by atoms with van der Waals surface area (Å²) in [6.07, 6.45) is 3.98. The number of hydrogen-bond donors (Lipinski definition) is 1. The van der Waals surface area contributed by atoms with Gasteiger partial charge in [0.1, 0.15) is 7.05 Å². The Bertz CT molecular complexity index is 179. The number of pyridine rings is 1. The Kier molecular flexibility index (Phi) is 1.80. The minimum Gasteiger partial charge on any atom is -0.326 e. The zero-order valence-corrected chi connectivity index (χ0v) is 5.54. The van der Waals surface area contributed by atoms with Crippen LogP contribution in [0, 0.1) is 0 Å². The van der Waals surface area contributed by atoms with E-state index in [0.717, 1.165) is 0 Å². The van der Waals surface area contributed by atoms with E-state index in [1.54, 1.807) is 0 Å². The molecule has 0 aromatic carbocycles. The van der Waals surface area contributed by atoms with Crippen molar-refractivity contribution in [1.29, 1.82) is 0 Å². The van der Waals surface area contributed by atoms with Crippen molar-refractivity contribution in [1.82, 2.24) is 0 Å². The smallest absolute Gasteiger partial charge is 0.168 e. The zero-order valence-electron chi connectivity index (χ0n) is 5.54. The van der Waals surface area contributed by atoms with Gasteiger partial charge >= 0.3 is 0 Å². The van der Waals surface area contributed by atoms with Gasteiger partial charge in [0.2, 0.25) is 0 Å². The fourth-order valence-corrected chi connectivity index (χ4v) is 0.668. The van der Waals surface area contributed by atoms with Crippen LogP contribution in [-0.2, 0) is 13.6 Å². The first-order chi connectivity index (χ1) is 4.33. The normalized spacial score (nSPS) is 9.56. The second kappa shape index (κ2) is 2.60. The molecule has 2 nitrogen and oxygen atoms in total. The van der Waals surface area contributed by atoms with E-state index in [2.05, 4.69) is 0 Å². The second-order valence-electron chi connectivity index (χ2n) is 2.08. The highest BCUT2D eigenvalue weighted by molar-refractivity contribution is 5.05. The van der Waals surface area contributed by atoms with E-state index in [-0.39, 0.29) is 0 Å². The number of hydrogen-bond acceptors (Lipinski definition) is 1. The predicted octanol–water partition coefficient (Wildman–Crippen LogP) is -0.0302. The molecular formula is C7H11N2+. The summed E-state index contributed by atoms with van der Waals surface area (Å²) >= 11 is 0. The lowest BCUT2D eigenvalue weighted by Gasteiger charge is -1.90. The van der Waals surface area contributed by atoms with E-state index in [4.69, 9.17) is 5.73 Å². The predicted molar refractivity (Wildman–Crippen MR) is 35.5 cm³/mol. The van der Waals surface area contributed by atoms with Gasteiger partial charge < -0.3 is 5.73 Å². The number of aryl methyl sites for hydroxylation is 1. The van der Waals surface area contributed by atoms with Crippen LogP contribution in [-0.4, -0.2) is 0 Å². The lowest BCUT2D eigenvalue weighted by molar-refractivity contribution is -0.671. The molecule has 1 heterocycles. The Balaban J connectivity index is 2.88. The van der Waals surface area contributed by atoms with Gasteiger partial charge in [-0.3, -0.25) is 0 Å². The van der Waals surface area contributed by atoms with Crippen LogP contribution in [0.25, 0.3) is 0 Å². The van der Waals surface area contributed by atoms with Crippen LogP contribution in [0.3, 0.4) is 0 Å². The fraction of sp³-hybridized carbons (Fsp3) is 0.286. The van der Waals surface area contributed by atoms with Crippen molar-refractivity contribution in [2.45, 2.75) is 6.54 Å². The van der Waals surface area contributed by atoms with Crippen molar-refractivity contribution in [3.05, 3.63) is 30.1 Å². The molecule has 0 fully saturated rings. The first kappa shape index (κ1) is 6.23. The molecule has 0 saturated heterocycles. The third-order valence-electron chi connectivity index (χ3n) is 1.28. The van der Waals surface area contributed by atoms with Crippen molar-refractivity contribution >= 4 is 0 Å². The summed E-state index contributed by atoms with van der Waals surface area (Å²) < 4.78 is 1.99. The van der Waals surface area contributed by atoms with Gasteiger partial charge in [-0.05, 0) is 5.56 Å². The van der Waals surface area contributed by atoms with Crippen LogP contribution in [0.4, 0.5) is 0 Å². The average Bonchev–Trinajstić information content (AvgIpc) is 1.90. The van der Waals surface area contributed by atoms with Crippen LogP contribution in [0.1, 0.15) is 5.56 Å². The van der Waals surface area contributed by atoms with E-state index in [1.165, 1.54) is 5.56 Å². The maximum absolute atomic E-state index is 5.39. The summed E-state index contributed by atoms with van der Waals surface area (Å²) in [7, 11) is 1.99. The lowest BCUT2D eigenvalue weighted by atomic mass is 10.3. The molecule has 9 heavy (non-hydrogen) atoms. The monoisotopic (exact) mass is 123 g/mol. The van der Waals surface area contributed by atoms with Gasteiger partial charge in [-0.15, -0.1) is 0 Å². The van der Waals surface area contributed by atoms with Crippen LogP contribution < -0.4 is 10.3 Å². The van der Waals surface area contributed by atoms with Gasteiger partial charge in [0.25, 0.3) is 0 Å². The van der Waals surface area contributed by atoms with Gasteiger partial charge in [0.05, 0.1) is 0 Å².